The number of nitrogens with zero attached hydrogens (tertiary/aromatic N) is 1. The third-order valence-corrected chi connectivity index (χ3v) is 2.19. The lowest BCUT2D eigenvalue weighted by atomic mass is 9.93. The van der Waals surface area contributed by atoms with Gasteiger partial charge in [0.15, 0.2) is 0 Å². The highest BCUT2D eigenvalue weighted by molar-refractivity contribution is 5.71. The average Bonchev–Trinajstić information content (AvgIpc) is 1.94. The second kappa shape index (κ2) is 3.19. The molecule has 0 aliphatic carbocycles. The third-order valence-electron chi connectivity index (χ3n) is 2.19. The molecule has 1 heterocycles. The predicted octanol–water partition coefficient (Wildman–Crippen LogP) is -0.650. The number of carboxylic acid groups (broad SMARTS) is 1. The molecule has 4 nitrogen and oxygen atoms in total. The number of carboxylic acids is 1. The summed E-state index contributed by atoms with van der Waals surface area (Å²) in [5, 5.41) is 8.72. The minimum absolute atomic E-state index is 0.163. The molecule has 3 N–H and O–H groups in total. The zero-order chi connectivity index (χ0) is 8.43. The van der Waals surface area contributed by atoms with E-state index in [-0.39, 0.29) is 12.0 Å². The Morgan fingerprint density at radius 1 is 1.73 bits per heavy atom. The Morgan fingerprint density at radius 3 is 2.82 bits per heavy atom. The van der Waals surface area contributed by atoms with Crippen molar-refractivity contribution < 1.29 is 9.90 Å². The van der Waals surface area contributed by atoms with E-state index in [1.54, 1.807) is 0 Å². The Kier molecular flexibility index (Phi) is 2.46. The van der Waals surface area contributed by atoms with E-state index in [1.807, 2.05) is 11.9 Å². The van der Waals surface area contributed by atoms with Crippen LogP contribution in [0.25, 0.3) is 0 Å². The fourth-order valence-corrected chi connectivity index (χ4v) is 1.39. The van der Waals surface area contributed by atoms with E-state index in [1.165, 1.54) is 0 Å². The van der Waals surface area contributed by atoms with E-state index in [0.717, 1.165) is 13.0 Å². The molecule has 11 heavy (non-hydrogen) atoms. The molecule has 2 atom stereocenters. The van der Waals surface area contributed by atoms with Crippen LogP contribution in [-0.2, 0) is 4.79 Å². The largest absolute Gasteiger partial charge is 0.481 e. The molecule has 0 radical (unpaired) electrons. The van der Waals surface area contributed by atoms with Crippen molar-refractivity contribution in [3.63, 3.8) is 0 Å². The molecule has 0 unspecified atom stereocenters. The average molecular weight is 158 g/mol. The molecule has 0 aromatic carbocycles. The van der Waals surface area contributed by atoms with Gasteiger partial charge >= 0.3 is 5.97 Å². The lowest BCUT2D eigenvalue weighted by Gasteiger charge is -2.31. The van der Waals surface area contributed by atoms with Gasteiger partial charge in [-0.15, -0.1) is 0 Å². The van der Waals surface area contributed by atoms with Gasteiger partial charge in [-0.3, -0.25) is 4.79 Å². The number of likely N-dealkylation sites (tertiary alicyclic amines) is 1. The Hall–Kier alpha value is -0.610. The first-order valence-electron chi connectivity index (χ1n) is 3.78. The van der Waals surface area contributed by atoms with E-state index < -0.39 is 5.97 Å². The zero-order valence-electron chi connectivity index (χ0n) is 6.66. The van der Waals surface area contributed by atoms with Crippen molar-refractivity contribution in [3.05, 3.63) is 0 Å². The summed E-state index contributed by atoms with van der Waals surface area (Å²) in [7, 11) is 1.92. The van der Waals surface area contributed by atoms with Crippen molar-refractivity contribution in [3.8, 4) is 0 Å². The maximum absolute atomic E-state index is 10.6. The van der Waals surface area contributed by atoms with Crippen LogP contribution in [0.2, 0.25) is 0 Å². The Morgan fingerprint density at radius 2 is 2.36 bits per heavy atom. The first-order chi connectivity index (χ1) is 5.11. The molecule has 0 spiro atoms. The summed E-state index contributed by atoms with van der Waals surface area (Å²) in [5.41, 5.74) is 5.63. The summed E-state index contributed by atoms with van der Waals surface area (Å²) in [4.78, 5) is 12.6. The summed E-state index contributed by atoms with van der Waals surface area (Å²) in [6.45, 7) is 1.49. The van der Waals surface area contributed by atoms with Gasteiger partial charge in [0, 0.05) is 12.6 Å². The molecule has 64 valence electrons. The van der Waals surface area contributed by atoms with E-state index in [4.69, 9.17) is 10.8 Å². The minimum atomic E-state index is -0.774. The summed E-state index contributed by atoms with van der Waals surface area (Å²) in [5.74, 6) is -1.15. The highest BCUT2D eigenvalue weighted by atomic mass is 16.4. The third kappa shape index (κ3) is 1.91. The smallest absolute Gasteiger partial charge is 0.309 e. The van der Waals surface area contributed by atoms with Gasteiger partial charge < -0.3 is 15.7 Å². The SMILES string of the molecule is CN1CC[C@@H](N)[C@H](C(=O)O)C1. The summed E-state index contributed by atoms with van der Waals surface area (Å²) in [6.07, 6.45) is 0.785. The van der Waals surface area contributed by atoms with Gasteiger partial charge in [0.1, 0.15) is 0 Å². The number of piperidine rings is 1. The van der Waals surface area contributed by atoms with Crippen LogP contribution in [0, 0.1) is 5.92 Å². The van der Waals surface area contributed by atoms with Crippen LogP contribution >= 0.6 is 0 Å². The van der Waals surface area contributed by atoms with Crippen molar-refractivity contribution in [2.45, 2.75) is 12.5 Å². The maximum Gasteiger partial charge on any atom is 0.309 e. The zero-order valence-corrected chi connectivity index (χ0v) is 6.66. The minimum Gasteiger partial charge on any atom is -0.481 e. The van der Waals surface area contributed by atoms with Crippen LogP contribution in [0.15, 0.2) is 0 Å². The van der Waals surface area contributed by atoms with Crippen molar-refractivity contribution >= 4 is 5.97 Å². The van der Waals surface area contributed by atoms with Crippen LogP contribution < -0.4 is 5.73 Å². The van der Waals surface area contributed by atoms with Gasteiger partial charge in [-0.25, -0.2) is 0 Å². The predicted molar refractivity (Wildman–Crippen MR) is 41.2 cm³/mol. The highest BCUT2D eigenvalue weighted by Gasteiger charge is 2.30. The molecular weight excluding hydrogens is 144 g/mol. The second-order valence-electron chi connectivity index (χ2n) is 3.16. The standard InChI is InChI=1S/C7H14N2O2/c1-9-3-2-6(8)5(4-9)7(10)11/h5-6H,2-4,8H2,1H3,(H,10,11)/t5-,6-/m1/s1. The summed E-state index contributed by atoms with van der Waals surface area (Å²) in [6, 6.07) is -0.163. The quantitative estimate of drug-likeness (QED) is 0.532. The highest BCUT2D eigenvalue weighted by Crippen LogP contribution is 2.13. The van der Waals surface area contributed by atoms with Gasteiger partial charge in [0.2, 0.25) is 0 Å². The van der Waals surface area contributed by atoms with Crippen LogP contribution in [0.5, 0.6) is 0 Å². The van der Waals surface area contributed by atoms with Gasteiger partial charge in [-0.05, 0) is 20.0 Å². The normalized spacial score (nSPS) is 33.6. The molecule has 0 amide bonds. The number of carbonyl (C=O) groups is 1. The monoisotopic (exact) mass is 158 g/mol. The molecular formula is C7H14N2O2. The molecule has 0 saturated carbocycles. The Labute approximate surface area is 66.0 Å². The van der Waals surface area contributed by atoms with Crippen molar-refractivity contribution in [2.24, 2.45) is 11.7 Å². The lowest BCUT2D eigenvalue weighted by molar-refractivity contribution is -0.144. The summed E-state index contributed by atoms with van der Waals surface area (Å²) >= 11 is 0. The first kappa shape index (κ1) is 8.49. The van der Waals surface area contributed by atoms with Crippen LogP contribution in [0.3, 0.4) is 0 Å². The molecule has 1 fully saturated rings. The van der Waals surface area contributed by atoms with Gasteiger partial charge in [0.05, 0.1) is 5.92 Å². The van der Waals surface area contributed by atoms with Crippen molar-refractivity contribution in [1.29, 1.82) is 0 Å². The molecule has 0 aromatic rings. The van der Waals surface area contributed by atoms with E-state index in [9.17, 15) is 4.79 Å². The van der Waals surface area contributed by atoms with Crippen molar-refractivity contribution in [2.75, 3.05) is 20.1 Å². The second-order valence-corrected chi connectivity index (χ2v) is 3.16. The Balaban J connectivity index is 2.54. The van der Waals surface area contributed by atoms with Crippen LogP contribution in [0.4, 0.5) is 0 Å². The molecule has 1 aliphatic heterocycles. The van der Waals surface area contributed by atoms with Crippen LogP contribution in [-0.4, -0.2) is 42.2 Å². The molecule has 0 aromatic heterocycles. The van der Waals surface area contributed by atoms with Gasteiger partial charge in [-0.1, -0.05) is 0 Å². The Bertz CT molecular complexity index is 161. The van der Waals surface area contributed by atoms with E-state index in [2.05, 4.69) is 0 Å². The molecule has 0 bridgehead atoms. The van der Waals surface area contributed by atoms with Gasteiger partial charge in [0.25, 0.3) is 0 Å². The number of hydrogen-bond acceptors (Lipinski definition) is 3. The van der Waals surface area contributed by atoms with Crippen LogP contribution in [0.1, 0.15) is 6.42 Å². The fraction of sp³-hybridized carbons (Fsp3) is 0.857. The van der Waals surface area contributed by atoms with E-state index >= 15 is 0 Å². The number of aliphatic carboxylic acids is 1. The molecule has 1 aliphatic rings. The van der Waals surface area contributed by atoms with Crippen molar-refractivity contribution in [1.82, 2.24) is 4.90 Å². The number of nitrogens with two attached hydrogens (primary N) is 1. The number of rotatable bonds is 1. The van der Waals surface area contributed by atoms with E-state index in [0.29, 0.717) is 6.54 Å². The first-order valence-corrected chi connectivity index (χ1v) is 3.78. The number of hydrogen-bond donors (Lipinski definition) is 2. The summed E-state index contributed by atoms with van der Waals surface area (Å²) < 4.78 is 0. The maximum atomic E-state index is 10.6. The molecule has 4 heteroatoms. The molecule has 1 saturated heterocycles. The van der Waals surface area contributed by atoms with Gasteiger partial charge in [-0.2, -0.15) is 0 Å². The topological polar surface area (TPSA) is 66.6 Å². The molecule has 1 rings (SSSR count). The fourth-order valence-electron chi connectivity index (χ4n) is 1.39. The lowest BCUT2D eigenvalue weighted by Crippen LogP contribution is -2.48.